The quantitative estimate of drug-likeness (QED) is 0.472. The molecule has 8 nitrogen and oxygen atoms in total. The number of nitro benzene ring substituents is 1. The molecule has 0 amide bonds. The second kappa shape index (κ2) is 6.12. The molecule has 0 unspecified atom stereocenters. The molecule has 4 N–H and O–H groups in total. The Labute approximate surface area is 125 Å². The monoisotopic (exact) mass is 318 g/mol. The van der Waals surface area contributed by atoms with Gasteiger partial charge in [0.1, 0.15) is 23.3 Å². The molecular weight excluding hydrogens is 304 g/mol. The number of anilines is 1. The van der Waals surface area contributed by atoms with Gasteiger partial charge in [-0.3, -0.25) is 10.1 Å². The molecule has 21 heavy (non-hydrogen) atoms. The summed E-state index contributed by atoms with van der Waals surface area (Å²) in [5, 5.41) is 42.7. The van der Waals surface area contributed by atoms with E-state index in [9.17, 15) is 25.4 Å². The number of rotatable bonds is 3. The Morgan fingerprint density at radius 3 is 2.57 bits per heavy atom. The maximum Gasteiger partial charge on any atom is 0.289 e. The third kappa shape index (κ3) is 3.25. The summed E-state index contributed by atoms with van der Waals surface area (Å²) >= 11 is 5.70. The van der Waals surface area contributed by atoms with Crippen molar-refractivity contribution in [3.8, 4) is 0 Å². The van der Waals surface area contributed by atoms with Crippen LogP contribution in [-0.2, 0) is 4.74 Å². The summed E-state index contributed by atoms with van der Waals surface area (Å²) in [5.74, 6) is 0. The van der Waals surface area contributed by atoms with Crippen LogP contribution in [-0.4, -0.2) is 50.9 Å². The van der Waals surface area contributed by atoms with Crippen molar-refractivity contribution in [3.63, 3.8) is 0 Å². The molecule has 5 atom stereocenters. The number of aliphatic hydroxyl groups is 3. The SMILES string of the molecule is C[C@@H]1O[C@H](Nc2ccc(Cl)c([N+](=O)[O-])c2)[C@H](O)[C@@H](O)[C@H]1O. The Hall–Kier alpha value is -1.45. The van der Waals surface area contributed by atoms with Gasteiger partial charge in [0.05, 0.1) is 11.0 Å². The number of nitrogens with one attached hydrogen (secondary N) is 1. The highest BCUT2D eigenvalue weighted by molar-refractivity contribution is 6.32. The normalized spacial score (nSPS) is 32.7. The molecule has 0 radical (unpaired) electrons. The van der Waals surface area contributed by atoms with Gasteiger partial charge in [0.2, 0.25) is 0 Å². The van der Waals surface area contributed by atoms with Gasteiger partial charge >= 0.3 is 0 Å². The maximum atomic E-state index is 10.8. The van der Waals surface area contributed by atoms with Crippen molar-refractivity contribution in [1.82, 2.24) is 0 Å². The van der Waals surface area contributed by atoms with E-state index < -0.39 is 35.6 Å². The molecule has 0 aromatic heterocycles. The number of ether oxygens (including phenoxy) is 1. The number of hydrogen-bond acceptors (Lipinski definition) is 7. The number of halogens is 1. The van der Waals surface area contributed by atoms with Crippen LogP contribution in [0.4, 0.5) is 11.4 Å². The van der Waals surface area contributed by atoms with E-state index in [4.69, 9.17) is 16.3 Å². The van der Waals surface area contributed by atoms with E-state index in [1.54, 1.807) is 6.92 Å². The largest absolute Gasteiger partial charge is 0.388 e. The Bertz CT molecular complexity index is 542. The fraction of sp³-hybridized carbons (Fsp3) is 0.500. The van der Waals surface area contributed by atoms with Crippen LogP contribution in [0.3, 0.4) is 0 Å². The first kappa shape index (κ1) is 15.9. The van der Waals surface area contributed by atoms with Crippen molar-refractivity contribution in [2.45, 2.75) is 37.6 Å². The van der Waals surface area contributed by atoms with Gasteiger partial charge in [0.15, 0.2) is 6.23 Å². The second-order valence-electron chi connectivity index (χ2n) is 4.80. The van der Waals surface area contributed by atoms with Gasteiger partial charge < -0.3 is 25.4 Å². The van der Waals surface area contributed by atoms with Crippen LogP contribution in [0.2, 0.25) is 5.02 Å². The second-order valence-corrected chi connectivity index (χ2v) is 5.21. The summed E-state index contributed by atoms with van der Waals surface area (Å²) < 4.78 is 5.34. The van der Waals surface area contributed by atoms with Gasteiger partial charge in [-0.25, -0.2) is 0 Å². The minimum absolute atomic E-state index is 0.0144. The number of hydrogen-bond donors (Lipinski definition) is 4. The zero-order valence-electron chi connectivity index (χ0n) is 11.0. The molecule has 0 spiro atoms. The van der Waals surface area contributed by atoms with Crippen LogP contribution in [0, 0.1) is 10.1 Å². The lowest BCUT2D eigenvalue weighted by molar-refractivity contribution is -0.384. The summed E-state index contributed by atoms with van der Waals surface area (Å²) in [5.41, 5.74) is 0.00605. The zero-order valence-corrected chi connectivity index (χ0v) is 11.8. The number of benzene rings is 1. The molecule has 116 valence electrons. The smallest absolute Gasteiger partial charge is 0.289 e. The van der Waals surface area contributed by atoms with Gasteiger partial charge in [0.25, 0.3) is 5.69 Å². The van der Waals surface area contributed by atoms with Gasteiger partial charge in [0, 0.05) is 11.8 Å². The van der Waals surface area contributed by atoms with Crippen molar-refractivity contribution >= 4 is 23.0 Å². The van der Waals surface area contributed by atoms with Gasteiger partial charge in [-0.15, -0.1) is 0 Å². The van der Waals surface area contributed by atoms with E-state index in [-0.39, 0.29) is 10.7 Å². The maximum absolute atomic E-state index is 10.8. The fourth-order valence-corrected chi connectivity index (χ4v) is 2.26. The van der Waals surface area contributed by atoms with Crippen molar-refractivity contribution in [1.29, 1.82) is 0 Å². The molecule has 9 heteroatoms. The minimum atomic E-state index is -1.38. The highest BCUT2D eigenvalue weighted by Crippen LogP contribution is 2.29. The Kier molecular flexibility index (Phi) is 4.64. The summed E-state index contributed by atoms with van der Waals surface area (Å²) in [4.78, 5) is 10.2. The lowest BCUT2D eigenvalue weighted by atomic mass is 9.99. The lowest BCUT2D eigenvalue weighted by Crippen LogP contribution is -2.58. The first-order chi connectivity index (χ1) is 9.81. The molecule has 1 aliphatic heterocycles. The van der Waals surface area contributed by atoms with E-state index in [0.717, 1.165) is 0 Å². The zero-order chi connectivity index (χ0) is 15.7. The van der Waals surface area contributed by atoms with Crippen molar-refractivity contribution in [2.75, 3.05) is 5.32 Å². The van der Waals surface area contributed by atoms with Gasteiger partial charge in [-0.05, 0) is 19.1 Å². The average molecular weight is 319 g/mol. The van der Waals surface area contributed by atoms with E-state index >= 15 is 0 Å². The molecule has 0 aliphatic carbocycles. The summed E-state index contributed by atoms with van der Waals surface area (Å²) in [6.45, 7) is 1.54. The third-order valence-corrected chi connectivity index (χ3v) is 3.62. The van der Waals surface area contributed by atoms with Crippen molar-refractivity contribution < 1.29 is 25.0 Å². The van der Waals surface area contributed by atoms with Crippen molar-refractivity contribution in [3.05, 3.63) is 33.3 Å². The molecule has 0 bridgehead atoms. The standard InChI is InChI=1S/C12H15ClN2O6/c1-5-9(16)10(17)11(18)12(21-5)14-6-2-3-7(13)8(4-6)15(19)20/h2-5,9-12,14,16-18H,1H3/t5-,9-,10-,11+,12-/m0/s1. The van der Waals surface area contributed by atoms with E-state index in [0.29, 0.717) is 5.69 Å². The summed E-state index contributed by atoms with van der Waals surface area (Å²) in [6, 6.07) is 4.01. The predicted molar refractivity (Wildman–Crippen MR) is 74.1 cm³/mol. The molecule has 1 heterocycles. The topological polar surface area (TPSA) is 125 Å². The average Bonchev–Trinajstić information content (AvgIpc) is 2.44. The van der Waals surface area contributed by atoms with Crippen LogP contribution >= 0.6 is 11.6 Å². The van der Waals surface area contributed by atoms with Crippen LogP contribution in [0.5, 0.6) is 0 Å². The number of nitro groups is 1. The van der Waals surface area contributed by atoms with Gasteiger partial charge in [-0.2, -0.15) is 0 Å². The molecule has 1 fully saturated rings. The third-order valence-electron chi connectivity index (χ3n) is 3.30. The number of aliphatic hydroxyl groups excluding tert-OH is 3. The van der Waals surface area contributed by atoms with E-state index in [1.165, 1.54) is 18.2 Å². The highest BCUT2D eigenvalue weighted by atomic mass is 35.5. The first-order valence-corrected chi connectivity index (χ1v) is 6.59. The molecule has 0 saturated carbocycles. The minimum Gasteiger partial charge on any atom is -0.388 e. The molecule has 1 aromatic carbocycles. The van der Waals surface area contributed by atoms with Crippen LogP contribution in [0.1, 0.15) is 6.92 Å². The van der Waals surface area contributed by atoms with E-state index in [1.807, 2.05) is 0 Å². The Balaban J connectivity index is 2.18. The highest BCUT2D eigenvalue weighted by Gasteiger charge is 2.41. The Morgan fingerprint density at radius 2 is 1.95 bits per heavy atom. The van der Waals surface area contributed by atoms with Crippen LogP contribution < -0.4 is 5.32 Å². The van der Waals surface area contributed by atoms with E-state index in [2.05, 4.69) is 5.32 Å². The van der Waals surface area contributed by atoms with Gasteiger partial charge in [-0.1, -0.05) is 11.6 Å². The van der Waals surface area contributed by atoms with Crippen LogP contribution in [0.25, 0.3) is 0 Å². The predicted octanol–water partition coefficient (Wildman–Crippen LogP) is 0.488. The fourth-order valence-electron chi connectivity index (χ4n) is 2.08. The molecule has 2 rings (SSSR count). The van der Waals surface area contributed by atoms with Crippen LogP contribution in [0.15, 0.2) is 18.2 Å². The molecule has 1 saturated heterocycles. The molecule has 1 aliphatic rings. The molecular formula is C12H15ClN2O6. The summed E-state index contributed by atoms with van der Waals surface area (Å²) in [7, 11) is 0. The number of nitrogens with zero attached hydrogens (tertiary/aromatic N) is 1. The van der Waals surface area contributed by atoms with Crippen molar-refractivity contribution in [2.24, 2.45) is 0 Å². The Morgan fingerprint density at radius 1 is 1.29 bits per heavy atom. The lowest BCUT2D eigenvalue weighted by Gasteiger charge is -2.39. The first-order valence-electron chi connectivity index (χ1n) is 6.21. The summed E-state index contributed by atoms with van der Waals surface area (Å²) in [6.07, 6.45) is -5.69. The molecule has 1 aromatic rings.